The van der Waals surface area contributed by atoms with Crippen LogP contribution in [0.15, 0.2) is 0 Å². The summed E-state index contributed by atoms with van der Waals surface area (Å²) < 4.78 is 1.53. The molecule has 0 radical (unpaired) electrons. The van der Waals surface area contributed by atoms with Gasteiger partial charge in [0, 0.05) is 0 Å². The van der Waals surface area contributed by atoms with Gasteiger partial charge in [0.15, 0.2) is 0 Å². The molecule has 0 amide bonds. The second kappa shape index (κ2) is 10.4. The first kappa shape index (κ1) is 21.9. The molecule has 5 aliphatic rings. The fourth-order valence-corrected chi connectivity index (χ4v) is 9.64. The van der Waals surface area contributed by atoms with E-state index in [0.29, 0.717) is 0 Å². The Kier molecular flexibility index (Phi) is 7.56. The Bertz CT molecular complexity index is 447. The van der Waals surface area contributed by atoms with Crippen molar-refractivity contribution in [1.82, 2.24) is 0 Å². The predicted molar refractivity (Wildman–Crippen MR) is 134 cm³/mol. The van der Waals surface area contributed by atoms with Gasteiger partial charge in [0.1, 0.15) is 13.4 Å². The molecular weight excluding hydrogens is 360 g/mol. The van der Waals surface area contributed by atoms with Gasteiger partial charge in [0.05, 0.1) is 26.2 Å². The van der Waals surface area contributed by atoms with Crippen LogP contribution in [0.5, 0.6) is 0 Å². The third-order valence-electron chi connectivity index (χ3n) is 11.1. The fraction of sp³-hybridized carbons (Fsp3) is 1.00. The van der Waals surface area contributed by atoms with E-state index in [-0.39, 0.29) is 0 Å². The third-order valence-corrected chi connectivity index (χ3v) is 11.1. The first-order valence-electron chi connectivity index (χ1n) is 14.7. The number of likely N-dealkylation sites (tertiary alicyclic amines) is 1. The molecule has 3 heteroatoms. The van der Waals surface area contributed by atoms with Crippen LogP contribution in [0.2, 0.25) is 35.9 Å². The smallest absolute Gasteiger partial charge is 0.146 e. The van der Waals surface area contributed by atoms with Crippen molar-refractivity contribution in [3.63, 3.8) is 0 Å². The minimum Gasteiger partial charge on any atom is -0.324 e. The molecule has 0 unspecified atom stereocenters. The molecule has 0 spiro atoms. The highest BCUT2D eigenvalue weighted by atomic mass is 15.3. The van der Waals surface area contributed by atoms with Crippen molar-refractivity contribution in [2.45, 2.75) is 145 Å². The van der Waals surface area contributed by atoms with Gasteiger partial charge in [0.2, 0.25) is 0 Å². The van der Waals surface area contributed by atoms with Crippen LogP contribution in [0.3, 0.4) is 0 Å². The van der Waals surface area contributed by atoms with E-state index in [4.69, 9.17) is 0 Å². The van der Waals surface area contributed by atoms with Crippen molar-refractivity contribution in [3.8, 4) is 0 Å². The number of piperidine rings is 1. The zero-order chi connectivity index (χ0) is 20.2. The topological polar surface area (TPSA) is 0 Å². The first-order valence-corrected chi connectivity index (χ1v) is 14.7. The monoisotopic (exact) mass is 410 g/mol. The van der Waals surface area contributed by atoms with Crippen LogP contribution < -0.4 is 0 Å². The molecule has 0 saturated carbocycles. The molecule has 5 aliphatic heterocycles. The lowest BCUT2D eigenvalue weighted by Gasteiger charge is -2.45. The molecule has 0 N–H and O–H groups in total. The van der Waals surface area contributed by atoms with Gasteiger partial charge in [-0.3, -0.25) is 0 Å². The molecule has 0 atom stereocenters. The maximum Gasteiger partial charge on any atom is 0.146 e. The van der Waals surface area contributed by atoms with E-state index in [9.17, 15) is 0 Å². The van der Waals surface area contributed by atoms with Crippen molar-refractivity contribution < 1.29 is 4.48 Å². The zero-order valence-corrected chi connectivity index (χ0v) is 20.2. The fourth-order valence-electron chi connectivity index (χ4n) is 9.64. The molecule has 0 aromatic carbocycles. The van der Waals surface area contributed by atoms with E-state index in [2.05, 4.69) is 0 Å². The first-order chi connectivity index (χ1) is 14.8. The Balaban J connectivity index is 1.12. The summed E-state index contributed by atoms with van der Waals surface area (Å²) in [5, 5.41) is 0. The van der Waals surface area contributed by atoms with Crippen molar-refractivity contribution in [1.29, 1.82) is 0 Å². The lowest BCUT2D eigenvalue weighted by molar-refractivity contribution is -0.932. The van der Waals surface area contributed by atoms with E-state index < -0.39 is 0 Å². The molecule has 5 heterocycles. The highest BCUT2D eigenvalue weighted by molar-refractivity contribution is 6.63. The van der Waals surface area contributed by atoms with Gasteiger partial charge in [0.25, 0.3) is 0 Å². The van der Waals surface area contributed by atoms with Crippen molar-refractivity contribution in [2.75, 3.05) is 26.2 Å². The van der Waals surface area contributed by atoms with Crippen LogP contribution in [0, 0.1) is 0 Å². The van der Waals surface area contributed by atoms with Gasteiger partial charge in [-0.25, -0.2) is 0 Å². The van der Waals surface area contributed by atoms with Gasteiger partial charge in [-0.1, -0.05) is 113 Å². The Hall–Kier alpha value is 0.0899. The maximum atomic E-state index is 1.59. The minimum atomic E-state index is 1.12. The SMILES string of the molecule is C1CC[N+](CCCB2C3CCCC2CCC3)(CCCB2C3CCCC2CCC3)CC1. The lowest BCUT2D eigenvalue weighted by atomic mass is 9.26. The van der Waals surface area contributed by atoms with E-state index in [1.54, 1.807) is 103 Å². The zero-order valence-electron chi connectivity index (χ0n) is 20.2. The van der Waals surface area contributed by atoms with E-state index in [1.807, 2.05) is 0 Å². The summed E-state index contributed by atoms with van der Waals surface area (Å²) in [5.41, 5.74) is 0. The average Bonchev–Trinajstić information content (AvgIpc) is 2.74. The lowest BCUT2D eigenvalue weighted by Crippen LogP contribution is -2.53. The van der Waals surface area contributed by atoms with Crippen LogP contribution in [-0.4, -0.2) is 44.1 Å². The number of quaternary nitrogens is 1. The Morgan fingerprint density at radius 2 is 0.833 bits per heavy atom. The molecule has 5 saturated heterocycles. The number of nitrogens with zero attached hydrogens (tertiary/aromatic N) is 1. The average molecular weight is 410 g/mol. The van der Waals surface area contributed by atoms with Crippen LogP contribution in [0.1, 0.15) is 109 Å². The molecule has 5 rings (SSSR count). The molecule has 0 aliphatic carbocycles. The number of rotatable bonds is 8. The number of hydrogen-bond donors (Lipinski definition) is 0. The van der Waals surface area contributed by atoms with Crippen molar-refractivity contribution in [3.05, 3.63) is 0 Å². The Labute approximate surface area is 189 Å². The summed E-state index contributed by atoms with van der Waals surface area (Å²) in [7, 11) is 0. The van der Waals surface area contributed by atoms with Crippen LogP contribution in [0.4, 0.5) is 0 Å². The Morgan fingerprint density at radius 1 is 0.467 bits per heavy atom. The second-order valence-electron chi connectivity index (χ2n) is 12.7. The normalized spacial score (nSPS) is 36.0. The molecule has 30 heavy (non-hydrogen) atoms. The summed E-state index contributed by atoms with van der Waals surface area (Å²) >= 11 is 0. The van der Waals surface area contributed by atoms with Crippen LogP contribution in [-0.2, 0) is 0 Å². The summed E-state index contributed by atoms with van der Waals surface area (Å²) in [5.74, 6) is 4.49. The summed E-state index contributed by atoms with van der Waals surface area (Å²) in [6, 6.07) is 0. The van der Waals surface area contributed by atoms with E-state index >= 15 is 0 Å². The van der Waals surface area contributed by atoms with Crippen LogP contribution >= 0.6 is 0 Å². The molecule has 1 nitrogen and oxygen atoms in total. The van der Waals surface area contributed by atoms with Crippen molar-refractivity contribution in [2.24, 2.45) is 0 Å². The van der Waals surface area contributed by atoms with Gasteiger partial charge in [-0.05, 0) is 32.1 Å². The molecule has 168 valence electrons. The standard InChI is InChI=1S/C27H50B2N/c1-2-20-30(21-3-1,22-8-18-28-24-10-4-11-25(28)13-5-12-24)23-9-19-29-26-14-6-15-27(29)17-7-16-26/h24-27H,1-23H2/q+1. The van der Waals surface area contributed by atoms with Crippen LogP contribution in [0.25, 0.3) is 0 Å². The van der Waals surface area contributed by atoms with Gasteiger partial charge < -0.3 is 4.48 Å². The summed E-state index contributed by atoms with van der Waals surface area (Å²) in [6.45, 7) is 8.36. The summed E-state index contributed by atoms with van der Waals surface area (Å²) in [6.07, 6.45) is 29.6. The minimum absolute atomic E-state index is 1.12. The van der Waals surface area contributed by atoms with Gasteiger partial charge in [-0.15, -0.1) is 0 Å². The number of fused-ring (bicyclic) bond motifs is 4. The highest BCUT2D eigenvalue weighted by Crippen LogP contribution is 2.49. The third kappa shape index (κ3) is 5.02. The highest BCUT2D eigenvalue weighted by Gasteiger charge is 2.41. The molecular formula is C27H50B2N+. The molecule has 5 fully saturated rings. The van der Waals surface area contributed by atoms with Gasteiger partial charge in [-0.2, -0.15) is 0 Å². The quantitative estimate of drug-likeness (QED) is 0.281. The second-order valence-corrected chi connectivity index (χ2v) is 12.7. The largest absolute Gasteiger partial charge is 0.324 e. The molecule has 0 aromatic rings. The van der Waals surface area contributed by atoms with Gasteiger partial charge >= 0.3 is 0 Å². The Morgan fingerprint density at radius 3 is 1.20 bits per heavy atom. The van der Waals surface area contributed by atoms with Crippen molar-refractivity contribution >= 4 is 13.4 Å². The number of hydrogen-bond acceptors (Lipinski definition) is 0. The maximum absolute atomic E-state index is 1.59. The van der Waals surface area contributed by atoms with E-state index in [1.165, 1.54) is 49.9 Å². The summed E-state index contributed by atoms with van der Waals surface area (Å²) in [4.78, 5) is 0. The molecule has 0 aromatic heterocycles. The predicted octanol–water partition coefficient (Wildman–Crippen LogP) is 7.97. The van der Waals surface area contributed by atoms with E-state index in [0.717, 1.165) is 36.7 Å². The molecule has 4 bridgehead atoms.